The Morgan fingerprint density at radius 2 is 1.90 bits per heavy atom. The third kappa shape index (κ3) is 19.3. The van der Waals surface area contributed by atoms with Gasteiger partial charge in [-0.3, -0.25) is 0 Å². The van der Waals surface area contributed by atoms with Crippen molar-refractivity contribution in [3.05, 3.63) is 24.8 Å². The van der Waals surface area contributed by atoms with Crippen LogP contribution >= 0.6 is 0 Å². The third-order valence-electron chi connectivity index (χ3n) is 2.29. The lowest BCUT2D eigenvalue weighted by molar-refractivity contribution is -0.138. The number of allylic oxidation sites excluding steroid dienone is 1. The number of carbonyl (C=O) groups is 1. The van der Waals surface area contributed by atoms with Gasteiger partial charge in [0.25, 0.3) is 0 Å². The van der Waals surface area contributed by atoms with E-state index in [-0.39, 0.29) is 5.97 Å². The zero-order valence-corrected chi connectivity index (χ0v) is 13.7. The molecule has 0 aromatic heterocycles. The predicted octanol–water partition coefficient (Wildman–Crippen LogP) is 4.67. The fourth-order valence-corrected chi connectivity index (χ4v) is 1.08. The summed E-state index contributed by atoms with van der Waals surface area (Å²) in [6, 6.07) is 0. The lowest BCUT2D eigenvalue weighted by atomic mass is 10.3. The molecule has 118 valence electrons. The fourth-order valence-electron chi connectivity index (χ4n) is 1.08. The number of unbranched alkanes of at least 4 members (excludes halogenated alkanes) is 1. The Balaban J connectivity index is 0. The van der Waals surface area contributed by atoms with Gasteiger partial charge in [0.15, 0.2) is 0 Å². The molecular formula is C17H32O3. The molecule has 1 aliphatic rings. The molecule has 0 aliphatic carbocycles. The molecule has 1 aliphatic heterocycles. The van der Waals surface area contributed by atoms with Gasteiger partial charge < -0.3 is 9.47 Å². The summed E-state index contributed by atoms with van der Waals surface area (Å²) in [6.45, 7) is 16.4. The van der Waals surface area contributed by atoms with Crippen molar-refractivity contribution >= 4 is 5.97 Å². The maximum atomic E-state index is 10.6. The zero-order chi connectivity index (χ0) is 15.8. The highest BCUT2D eigenvalue weighted by Crippen LogP contribution is 2.14. The summed E-state index contributed by atoms with van der Waals surface area (Å²) in [5.41, 5.74) is 0.462. The largest absolute Gasteiger partial charge is 0.462 e. The van der Waals surface area contributed by atoms with Gasteiger partial charge in [0.1, 0.15) is 0 Å². The van der Waals surface area contributed by atoms with Crippen LogP contribution in [0.25, 0.3) is 0 Å². The van der Waals surface area contributed by atoms with E-state index >= 15 is 0 Å². The van der Waals surface area contributed by atoms with Gasteiger partial charge in [0, 0.05) is 5.57 Å². The third-order valence-corrected chi connectivity index (χ3v) is 2.29. The molecular weight excluding hydrogens is 252 g/mol. The van der Waals surface area contributed by atoms with Crippen LogP contribution in [0.1, 0.15) is 59.8 Å². The number of ether oxygens (including phenoxy) is 2. The Morgan fingerprint density at radius 1 is 1.30 bits per heavy atom. The molecule has 0 N–H and O–H groups in total. The van der Waals surface area contributed by atoms with Gasteiger partial charge in [-0.15, -0.1) is 6.58 Å². The molecule has 0 spiro atoms. The summed E-state index contributed by atoms with van der Waals surface area (Å²) >= 11 is 0. The average molecular weight is 284 g/mol. The lowest BCUT2D eigenvalue weighted by Crippen LogP contribution is -2.04. The van der Waals surface area contributed by atoms with E-state index in [1.807, 2.05) is 13.0 Å². The van der Waals surface area contributed by atoms with Gasteiger partial charge in [-0.25, -0.2) is 4.79 Å². The molecule has 0 saturated carbocycles. The molecule has 3 heteroatoms. The van der Waals surface area contributed by atoms with E-state index in [4.69, 9.17) is 9.47 Å². The van der Waals surface area contributed by atoms with E-state index in [0.29, 0.717) is 18.3 Å². The monoisotopic (exact) mass is 284 g/mol. The first kappa shape index (κ1) is 21.2. The highest BCUT2D eigenvalue weighted by Gasteiger charge is 2.19. The van der Waals surface area contributed by atoms with E-state index in [1.54, 1.807) is 6.92 Å². The molecule has 1 unspecified atom stereocenters. The average Bonchev–Trinajstić information content (AvgIpc) is 3.23. The number of esters is 1. The Hall–Kier alpha value is -1.09. The van der Waals surface area contributed by atoms with E-state index in [2.05, 4.69) is 27.0 Å². The molecule has 1 heterocycles. The van der Waals surface area contributed by atoms with E-state index < -0.39 is 0 Å². The topological polar surface area (TPSA) is 38.8 Å². The molecule has 0 amide bonds. The van der Waals surface area contributed by atoms with Crippen LogP contribution in [0.2, 0.25) is 0 Å². The van der Waals surface area contributed by atoms with Crippen LogP contribution in [0.3, 0.4) is 0 Å². The van der Waals surface area contributed by atoms with Crippen molar-refractivity contribution < 1.29 is 14.3 Å². The fraction of sp³-hybridized carbons (Fsp3) is 0.706. The van der Waals surface area contributed by atoms with Crippen LogP contribution in [0.15, 0.2) is 24.8 Å². The highest BCUT2D eigenvalue weighted by atomic mass is 16.6. The maximum Gasteiger partial charge on any atom is 0.333 e. The summed E-state index contributed by atoms with van der Waals surface area (Å²) in [6.07, 6.45) is 8.35. The maximum absolute atomic E-state index is 10.6. The van der Waals surface area contributed by atoms with Crippen molar-refractivity contribution in [1.29, 1.82) is 0 Å². The van der Waals surface area contributed by atoms with E-state index in [1.165, 1.54) is 19.3 Å². The molecule has 1 atom stereocenters. The molecule has 3 nitrogen and oxygen atoms in total. The van der Waals surface area contributed by atoms with Crippen molar-refractivity contribution in [2.45, 2.75) is 65.9 Å². The minimum Gasteiger partial charge on any atom is -0.462 e. The van der Waals surface area contributed by atoms with Gasteiger partial charge in [0.05, 0.1) is 19.3 Å². The van der Waals surface area contributed by atoms with Crippen molar-refractivity contribution in [2.24, 2.45) is 0 Å². The standard InChI is InChI=1S/C7H12O2.C5H10O.C5H10/c1-4-5-9-7(8)6(2)3;1-2-3-5-4-6-5;1-3-5-4-2/h2,4-5H2,1,3H3;5H,2-4H2,1H3;3H,1,4-5H2,2H3. The first-order valence-electron chi connectivity index (χ1n) is 7.58. The second-order valence-electron chi connectivity index (χ2n) is 4.74. The van der Waals surface area contributed by atoms with Gasteiger partial charge in [-0.1, -0.05) is 46.3 Å². The van der Waals surface area contributed by atoms with Gasteiger partial charge in [0.2, 0.25) is 0 Å². The quantitative estimate of drug-likeness (QED) is 0.295. The van der Waals surface area contributed by atoms with Crippen LogP contribution < -0.4 is 0 Å². The number of hydrogen-bond acceptors (Lipinski definition) is 3. The highest BCUT2D eigenvalue weighted by molar-refractivity contribution is 5.86. The Bertz CT molecular complexity index is 255. The number of carbonyl (C=O) groups excluding carboxylic acids is 1. The van der Waals surface area contributed by atoms with Gasteiger partial charge >= 0.3 is 5.97 Å². The Labute approximate surface area is 125 Å². The predicted molar refractivity (Wildman–Crippen MR) is 85.8 cm³/mol. The minimum absolute atomic E-state index is 0.295. The van der Waals surface area contributed by atoms with Crippen LogP contribution in [0, 0.1) is 0 Å². The SMILES string of the molecule is C=C(C)C(=O)OCCC.C=CCCC.CCCC1CO1. The van der Waals surface area contributed by atoms with Crippen LogP contribution in [0.5, 0.6) is 0 Å². The van der Waals surface area contributed by atoms with E-state index in [9.17, 15) is 4.79 Å². The molecule has 0 aromatic carbocycles. The zero-order valence-electron chi connectivity index (χ0n) is 13.7. The Morgan fingerprint density at radius 3 is 2.10 bits per heavy atom. The van der Waals surface area contributed by atoms with Crippen LogP contribution in [-0.4, -0.2) is 25.3 Å². The summed E-state index contributed by atoms with van der Waals surface area (Å²) in [5.74, 6) is -0.295. The van der Waals surface area contributed by atoms with Gasteiger partial charge in [-0.2, -0.15) is 0 Å². The van der Waals surface area contributed by atoms with Crippen LogP contribution in [-0.2, 0) is 14.3 Å². The molecule has 1 rings (SSSR count). The number of rotatable bonds is 7. The molecule has 0 aromatic rings. The molecule has 1 saturated heterocycles. The smallest absolute Gasteiger partial charge is 0.333 e. The lowest BCUT2D eigenvalue weighted by Gasteiger charge is -1.99. The van der Waals surface area contributed by atoms with Crippen molar-refractivity contribution in [3.63, 3.8) is 0 Å². The summed E-state index contributed by atoms with van der Waals surface area (Å²) < 4.78 is 9.66. The Kier molecular flexibility index (Phi) is 16.9. The normalized spacial score (nSPS) is 14.9. The molecule has 1 fully saturated rings. The molecule has 0 bridgehead atoms. The number of epoxide rings is 1. The summed E-state index contributed by atoms with van der Waals surface area (Å²) in [5, 5.41) is 0. The van der Waals surface area contributed by atoms with Gasteiger partial charge in [-0.05, 0) is 26.2 Å². The summed E-state index contributed by atoms with van der Waals surface area (Å²) in [4.78, 5) is 10.6. The van der Waals surface area contributed by atoms with Crippen molar-refractivity contribution in [3.8, 4) is 0 Å². The molecule has 20 heavy (non-hydrogen) atoms. The first-order chi connectivity index (χ1) is 9.53. The van der Waals surface area contributed by atoms with E-state index in [0.717, 1.165) is 19.4 Å². The second kappa shape index (κ2) is 16.0. The number of hydrogen-bond donors (Lipinski definition) is 0. The minimum atomic E-state index is -0.295. The second-order valence-corrected chi connectivity index (χ2v) is 4.74. The molecule has 0 radical (unpaired) electrons. The first-order valence-corrected chi connectivity index (χ1v) is 7.58. The van der Waals surface area contributed by atoms with Crippen molar-refractivity contribution in [1.82, 2.24) is 0 Å². The van der Waals surface area contributed by atoms with Crippen LogP contribution in [0.4, 0.5) is 0 Å². The summed E-state index contributed by atoms with van der Waals surface area (Å²) in [7, 11) is 0. The van der Waals surface area contributed by atoms with Crippen molar-refractivity contribution in [2.75, 3.05) is 13.2 Å².